The van der Waals surface area contributed by atoms with Gasteiger partial charge in [-0.15, -0.1) is 0 Å². The van der Waals surface area contributed by atoms with Crippen LogP contribution in [0.5, 0.6) is 5.88 Å². The highest BCUT2D eigenvalue weighted by Gasteiger charge is 2.19. The first-order valence-electron chi connectivity index (χ1n) is 5.21. The summed E-state index contributed by atoms with van der Waals surface area (Å²) in [5, 5.41) is 20.3. The molecular weight excluding hydrogens is 254 g/mol. The van der Waals surface area contributed by atoms with Crippen LogP contribution in [0.2, 0.25) is 0 Å². The summed E-state index contributed by atoms with van der Waals surface area (Å²) in [7, 11) is 0. The van der Waals surface area contributed by atoms with Crippen LogP contribution in [0.1, 0.15) is 10.4 Å². The number of aromatic nitrogens is 2. The smallest absolute Gasteiger partial charge is 0.322 e. The number of carbonyl (C=O) groups is 2. The van der Waals surface area contributed by atoms with E-state index in [2.05, 4.69) is 4.98 Å². The van der Waals surface area contributed by atoms with Gasteiger partial charge in [0.25, 0.3) is 11.5 Å². The van der Waals surface area contributed by atoms with E-state index in [0.29, 0.717) is 0 Å². The van der Waals surface area contributed by atoms with Crippen molar-refractivity contribution >= 4 is 17.5 Å². The number of carboxylic acid groups (broad SMARTS) is 1. The van der Waals surface area contributed by atoms with Gasteiger partial charge in [0.2, 0.25) is 5.88 Å². The Kier molecular flexibility index (Phi) is 3.15. The van der Waals surface area contributed by atoms with E-state index in [1.807, 2.05) is 5.32 Å². The molecule has 0 aliphatic carbocycles. The first kappa shape index (κ1) is 12.6. The van der Waals surface area contributed by atoms with E-state index in [1.165, 1.54) is 12.3 Å². The van der Waals surface area contributed by atoms with Gasteiger partial charge in [0.15, 0.2) is 5.56 Å². The van der Waals surface area contributed by atoms with E-state index in [-0.39, 0.29) is 5.65 Å². The van der Waals surface area contributed by atoms with E-state index in [4.69, 9.17) is 5.11 Å². The summed E-state index contributed by atoms with van der Waals surface area (Å²) in [6.45, 7) is -0.658. The minimum absolute atomic E-state index is 0.180. The largest absolute Gasteiger partial charge is 0.493 e. The van der Waals surface area contributed by atoms with Gasteiger partial charge in [0.05, 0.1) is 0 Å². The van der Waals surface area contributed by atoms with Crippen molar-refractivity contribution in [3.8, 4) is 5.88 Å². The lowest BCUT2D eigenvalue weighted by molar-refractivity contribution is -0.135. The minimum atomic E-state index is -1.26. The number of nitrogens with one attached hydrogen (secondary N) is 1. The van der Waals surface area contributed by atoms with Crippen LogP contribution in [-0.4, -0.2) is 38.0 Å². The zero-order valence-electron chi connectivity index (χ0n) is 9.53. The third-order valence-corrected chi connectivity index (χ3v) is 2.35. The second kappa shape index (κ2) is 4.77. The fourth-order valence-electron chi connectivity index (χ4n) is 1.52. The Labute approximate surface area is 105 Å². The predicted octanol–water partition coefficient (Wildman–Crippen LogP) is -0.786. The number of hydrogen-bond donors (Lipinski definition) is 3. The molecule has 2 aromatic heterocycles. The fraction of sp³-hybridized carbons (Fsp3) is 0.0909. The van der Waals surface area contributed by atoms with Gasteiger partial charge in [-0.05, 0) is 12.1 Å². The molecule has 98 valence electrons. The van der Waals surface area contributed by atoms with Crippen molar-refractivity contribution in [2.75, 3.05) is 6.54 Å². The SMILES string of the molecule is O=C(O)CNC(=O)c1c(O)n2ccccc2nc1=O. The summed E-state index contributed by atoms with van der Waals surface area (Å²) in [6.07, 6.45) is 1.42. The molecule has 3 N–H and O–H groups in total. The van der Waals surface area contributed by atoms with Crippen LogP contribution in [0.15, 0.2) is 29.2 Å². The van der Waals surface area contributed by atoms with E-state index >= 15 is 0 Å². The van der Waals surface area contributed by atoms with Gasteiger partial charge in [-0.1, -0.05) is 6.07 Å². The highest BCUT2D eigenvalue weighted by atomic mass is 16.4. The molecule has 0 aromatic carbocycles. The number of hydrogen-bond acceptors (Lipinski definition) is 5. The van der Waals surface area contributed by atoms with E-state index in [9.17, 15) is 19.5 Å². The second-order valence-corrected chi connectivity index (χ2v) is 3.62. The molecule has 0 radical (unpaired) electrons. The highest BCUT2D eigenvalue weighted by Crippen LogP contribution is 2.13. The number of fused-ring (bicyclic) bond motifs is 1. The lowest BCUT2D eigenvalue weighted by Crippen LogP contribution is -2.34. The molecule has 0 saturated heterocycles. The molecule has 8 heteroatoms. The lowest BCUT2D eigenvalue weighted by atomic mass is 10.3. The number of amides is 1. The Morgan fingerprint density at radius 1 is 1.37 bits per heavy atom. The Morgan fingerprint density at radius 3 is 2.79 bits per heavy atom. The Morgan fingerprint density at radius 2 is 2.11 bits per heavy atom. The Balaban J connectivity index is 2.51. The minimum Gasteiger partial charge on any atom is -0.493 e. The molecule has 1 amide bonds. The first-order valence-corrected chi connectivity index (χ1v) is 5.21. The van der Waals surface area contributed by atoms with Gasteiger partial charge in [-0.25, -0.2) is 0 Å². The summed E-state index contributed by atoms with van der Waals surface area (Å²) >= 11 is 0. The molecule has 0 fully saturated rings. The van der Waals surface area contributed by atoms with E-state index < -0.39 is 35.4 Å². The fourth-order valence-corrected chi connectivity index (χ4v) is 1.52. The highest BCUT2D eigenvalue weighted by molar-refractivity contribution is 5.97. The Bertz CT molecular complexity index is 722. The van der Waals surface area contributed by atoms with Crippen molar-refractivity contribution in [2.45, 2.75) is 0 Å². The standard InChI is InChI=1S/C11H9N3O5/c15-7(16)5-12-9(17)8-10(18)13-6-3-1-2-4-14(6)11(8)19/h1-4,19H,5H2,(H,12,17)(H,15,16). The van der Waals surface area contributed by atoms with Crippen molar-refractivity contribution in [1.29, 1.82) is 0 Å². The molecule has 0 atom stereocenters. The Hall–Kier alpha value is -2.90. The van der Waals surface area contributed by atoms with Gasteiger partial charge < -0.3 is 15.5 Å². The maximum atomic E-state index is 11.6. The summed E-state index contributed by atoms with van der Waals surface area (Å²) in [5.41, 5.74) is -1.34. The van der Waals surface area contributed by atoms with Crippen LogP contribution < -0.4 is 10.9 Å². The first-order chi connectivity index (χ1) is 9.00. The molecule has 2 aromatic rings. The number of pyridine rings is 1. The maximum Gasteiger partial charge on any atom is 0.322 e. The van der Waals surface area contributed by atoms with Crippen molar-refractivity contribution in [3.05, 3.63) is 40.3 Å². The number of aliphatic carboxylic acids is 1. The molecule has 0 bridgehead atoms. The normalized spacial score (nSPS) is 10.3. The molecule has 19 heavy (non-hydrogen) atoms. The molecule has 0 spiro atoms. The molecule has 0 aliphatic rings. The van der Waals surface area contributed by atoms with Gasteiger partial charge >= 0.3 is 5.97 Å². The van der Waals surface area contributed by atoms with Crippen LogP contribution in [0.25, 0.3) is 5.65 Å². The number of carbonyl (C=O) groups excluding carboxylic acids is 1. The molecule has 2 rings (SSSR count). The van der Waals surface area contributed by atoms with Crippen LogP contribution >= 0.6 is 0 Å². The van der Waals surface area contributed by atoms with Crippen LogP contribution in [0.4, 0.5) is 0 Å². The molecular formula is C11H9N3O5. The summed E-state index contributed by atoms with van der Waals surface area (Å²) in [5.74, 6) is -2.84. The zero-order valence-corrected chi connectivity index (χ0v) is 9.53. The van der Waals surface area contributed by atoms with Gasteiger partial charge in [0, 0.05) is 6.20 Å². The van der Waals surface area contributed by atoms with E-state index in [0.717, 1.165) is 4.40 Å². The summed E-state index contributed by atoms with van der Waals surface area (Å²) in [6, 6.07) is 4.68. The molecule has 0 aliphatic heterocycles. The monoisotopic (exact) mass is 263 g/mol. The van der Waals surface area contributed by atoms with Crippen LogP contribution in [-0.2, 0) is 4.79 Å². The predicted molar refractivity (Wildman–Crippen MR) is 63.1 cm³/mol. The topological polar surface area (TPSA) is 121 Å². The van der Waals surface area contributed by atoms with Gasteiger partial charge in [-0.3, -0.25) is 18.8 Å². The number of aromatic hydroxyl groups is 1. The van der Waals surface area contributed by atoms with E-state index in [1.54, 1.807) is 12.1 Å². The van der Waals surface area contributed by atoms with Crippen LogP contribution in [0, 0.1) is 0 Å². The third-order valence-electron chi connectivity index (χ3n) is 2.35. The van der Waals surface area contributed by atoms with Crippen molar-refractivity contribution < 1.29 is 19.8 Å². The lowest BCUT2D eigenvalue weighted by Gasteiger charge is -2.07. The van der Waals surface area contributed by atoms with Crippen LogP contribution in [0.3, 0.4) is 0 Å². The average molecular weight is 263 g/mol. The third kappa shape index (κ3) is 2.37. The van der Waals surface area contributed by atoms with Gasteiger partial charge in [-0.2, -0.15) is 4.98 Å². The number of nitrogens with zero attached hydrogens (tertiary/aromatic N) is 2. The maximum absolute atomic E-state index is 11.6. The molecule has 2 heterocycles. The number of carboxylic acids is 1. The summed E-state index contributed by atoms with van der Waals surface area (Å²) < 4.78 is 1.15. The second-order valence-electron chi connectivity index (χ2n) is 3.62. The quantitative estimate of drug-likeness (QED) is 0.667. The zero-order chi connectivity index (χ0) is 14.0. The number of rotatable bonds is 3. The summed E-state index contributed by atoms with van der Waals surface area (Å²) in [4.78, 5) is 37.3. The van der Waals surface area contributed by atoms with Crippen molar-refractivity contribution in [1.82, 2.24) is 14.7 Å². The average Bonchev–Trinajstić information content (AvgIpc) is 2.36. The van der Waals surface area contributed by atoms with Crippen molar-refractivity contribution in [2.24, 2.45) is 0 Å². The van der Waals surface area contributed by atoms with Crippen molar-refractivity contribution in [3.63, 3.8) is 0 Å². The molecule has 0 unspecified atom stereocenters. The molecule has 8 nitrogen and oxygen atoms in total. The molecule has 0 saturated carbocycles. The van der Waals surface area contributed by atoms with Gasteiger partial charge in [0.1, 0.15) is 12.2 Å².